The van der Waals surface area contributed by atoms with Crippen molar-refractivity contribution in [3.8, 4) is 0 Å². The molecule has 0 atom stereocenters. The van der Waals surface area contributed by atoms with E-state index in [4.69, 9.17) is 0 Å². The quantitative estimate of drug-likeness (QED) is 0.762. The normalized spacial score (nSPS) is 8.56. The summed E-state index contributed by atoms with van der Waals surface area (Å²) >= 11 is 0. The van der Waals surface area contributed by atoms with E-state index in [0.717, 1.165) is 5.69 Å². The second-order valence-electron chi connectivity index (χ2n) is 3.28. The van der Waals surface area contributed by atoms with Gasteiger partial charge < -0.3 is 5.32 Å². The van der Waals surface area contributed by atoms with Crippen molar-refractivity contribution in [2.75, 3.05) is 5.32 Å². The maximum atomic E-state index is 9.86. The molecule has 0 aliphatic carbocycles. The lowest BCUT2D eigenvalue weighted by Crippen LogP contribution is -1.91. The van der Waals surface area contributed by atoms with Crippen LogP contribution in [-0.4, -0.2) is 6.41 Å². The van der Waals surface area contributed by atoms with Gasteiger partial charge in [0.15, 0.2) is 0 Å². The third-order valence-corrected chi connectivity index (χ3v) is 1.94. The van der Waals surface area contributed by atoms with Crippen LogP contribution in [-0.2, 0) is 4.79 Å². The summed E-state index contributed by atoms with van der Waals surface area (Å²) in [7, 11) is 0. The maximum Gasteiger partial charge on any atom is 0.211 e. The molecule has 2 rings (SSSR count). The molecule has 1 N–H and O–H groups in total. The molecule has 0 unspecified atom stereocenters. The van der Waals surface area contributed by atoms with Gasteiger partial charge in [0.2, 0.25) is 6.41 Å². The lowest BCUT2D eigenvalue weighted by Gasteiger charge is -1.93. The van der Waals surface area contributed by atoms with Crippen LogP contribution in [0.4, 0.5) is 5.69 Å². The third-order valence-electron chi connectivity index (χ3n) is 1.94. The molecule has 0 saturated carbocycles. The highest BCUT2D eigenvalue weighted by atomic mass is 16.1. The number of carbonyl (C=O) groups is 1. The van der Waals surface area contributed by atoms with Crippen LogP contribution in [0.15, 0.2) is 60.7 Å². The van der Waals surface area contributed by atoms with E-state index < -0.39 is 0 Å². The number of aryl methyl sites for hydroxylation is 1. The average Bonchev–Trinajstić information content (AvgIpc) is 2.33. The molecular formula is C14H15NO. The first kappa shape index (κ1) is 12.0. The van der Waals surface area contributed by atoms with Gasteiger partial charge in [-0.05, 0) is 19.1 Å². The molecule has 2 aromatic carbocycles. The number of nitrogens with one attached hydrogen (secondary N) is 1. The fraction of sp³-hybridized carbons (Fsp3) is 0.0714. The van der Waals surface area contributed by atoms with Gasteiger partial charge >= 0.3 is 0 Å². The number of carbonyl (C=O) groups excluding carboxylic acids is 1. The smallest absolute Gasteiger partial charge is 0.211 e. The molecule has 16 heavy (non-hydrogen) atoms. The van der Waals surface area contributed by atoms with E-state index in [0.29, 0.717) is 6.41 Å². The Kier molecular flexibility index (Phi) is 5.42. The van der Waals surface area contributed by atoms with Gasteiger partial charge in [0.1, 0.15) is 0 Å². The van der Waals surface area contributed by atoms with E-state index in [9.17, 15) is 4.79 Å². The largest absolute Gasteiger partial charge is 0.329 e. The van der Waals surface area contributed by atoms with Crippen molar-refractivity contribution in [1.82, 2.24) is 0 Å². The van der Waals surface area contributed by atoms with E-state index >= 15 is 0 Å². The van der Waals surface area contributed by atoms with Crippen LogP contribution in [0.1, 0.15) is 5.56 Å². The molecule has 0 fully saturated rings. The number of para-hydroxylation sites is 1. The first-order valence-electron chi connectivity index (χ1n) is 5.10. The monoisotopic (exact) mass is 213 g/mol. The lowest BCUT2D eigenvalue weighted by molar-refractivity contribution is -0.105. The first-order chi connectivity index (χ1) is 7.83. The van der Waals surface area contributed by atoms with Gasteiger partial charge in [0.05, 0.1) is 0 Å². The van der Waals surface area contributed by atoms with Crippen molar-refractivity contribution in [2.45, 2.75) is 6.92 Å². The number of rotatable bonds is 2. The summed E-state index contributed by atoms with van der Waals surface area (Å²) in [5.41, 5.74) is 2.15. The van der Waals surface area contributed by atoms with Crippen molar-refractivity contribution in [3.05, 3.63) is 66.2 Å². The van der Waals surface area contributed by atoms with E-state index in [1.807, 2.05) is 48.5 Å². The molecule has 0 spiro atoms. The van der Waals surface area contributed by atoms with E-state index in [1.54, 1.807) is 0 Å². The topological polar surface area (TPSA) is 29.1 Å². The molecule has 0 heterocycles. The molecule has 2 aromatic rings. The molecule has 0 aliphatic heterocycles. The molecule has 2 nitrogen and oxygen atoms in total. The molecule has 1 amide bonds. The van der Waals surface area contributed by atoms with Gasteiger partial charge in [-0.2, -0.15) is 0 Å². The standard InChI is InChI=1S/C7H7NO.C7H8/c9-6-8-7-4-2-1-3-5-7;1-7-5-3-2-4-6-7/h1-6H,(H,8,9);2-6H,1H3. The number of hydrogen-bond acceptors (Lipinski definition) is 1. The van der Waals surface area contributed by atoms with Gasteiger partial charge in [-0.1, -0.05) is 54.1 Å². The van der Waals surface area contributed by atoms with E-state index in [2.05, 4.69) is 24.4 Å². The summed E-state index contributed by atoms with van der Waals surface area (Å²) in [5, 5.41) is 2.53. The Labute approximate surface area is 95.9 Å². The van der Waals surface area contributed by atoms with Gasteiger partial charge in [-0.3, -0.25) is 4.79 Å². The number of hydrogen-bond donors (Lipinski definition) is 1. The Morgan fingerprint density at radius 3 is 1.75 bits per heavy atom. The van der Waals surface area contributed by atoms with Gasteiger partial charge in [-0.15, -0.1) is 0 Å². The Morgan fingerprint density at radius 1 is 0.875 bits per heavy atom. The summed E-state index contributed by atoms with van der Waals surface area (Å²) in [6, 6.07) is 19.5. The zero-order valence-corrected chi connectivity index (χ0v) is 9.26. The number of amides is 1. The van der Waals surface area contributed by atoms with Crippen molar-refractivity contribution < 1.29 is 4.79 Å². The summed E-state index contributed by atoms with van der Waals surface area (Å²) in [6.45, 7) is 2.08. The molecule has 2 heteroatoms. The van der Waals surface area contributed by atoms with Gasteiger partial charge in [0.25, 0.3) is 0 Å². The summed E-state index contributed by atoms with van der Waals surface area (Å²) in [5.74, 6) is 0. The van der Waals surface area contributed by atoms with Crippen LogP contribution < -0.4 is 5.32 Å². The summed E-state index contributed by atoms with van der Waals surface area (Å²) in [6.07, 6.45) is 0.662. The Morgan fingerprint density at radius 2 is 1.38 bits per heavy atom. The van der Waals surface area contributed by atoms with Crippen molar-refractivity contribution >= 4 is 12.1 Å². The first-order valence-corrected chi connectivity index (χ1v) is 5.10. The minimum atomic E-state index is 0.662. The fourth-order valence-corrected chi connectivity index (χ4v) is 1.14. The number of anilines is 1. The van der Waals surface area contributed by atoms with Gasteiger partial charge in [0, 0.05) is 5.69 Å². The summed E-state index contributed by atoms with van der Waals surface area (Å²) in [4.78, 5) is 9.86. The van der Waals surface area contributed by atoms with Crippen LogP contribution >= 0.6 is 0 Å². The molecular weight excluding hydrogens is 198 g/mol. The van der Waals surface area contributed by atoms with Crippen LogP contribution in [0.3, 0.4) is 0 Å². The van der Waals surface area contributed by atoms with Crippen molar-refractivity contribution in [2.24, 2.45) is 0 Å². The lowest BCUT2D eigenvalue weighted by atomic mass is 10.2. The van der Waals surface area contributed by atoms with Crippen LogP contribution in [0.25, 0.3) is 0 Å². The predicted octanol–water partition coefficient (Wildman–Crippen LogP) is 3.25. The second-order valence-corrected chi connectivity index (χ2v) is 3.28. The highest BCUT2D eigenvalue weighted by Gasteiger charge is 1.81. The van der Waals surface area contributed by atoms with Gasteiger partial charge in [-0.25, -0.2) is 0 Å². The van der Waals surface area contributed by atoms with Crippen LogP contribution in [0.5, 0.6) is 0 Å². The molecule has 0 aliphatic rings. The average molecular weight is 213 g/mol. The fourth-order valence-electron chi connectivity index (χ4n) is 1.14. The summed E-state index contributed by atoms with van der Waals surface area (Å²) < 4.78 is 0. The maximum absolute atomic E-state index is 9.86. The zero-order chi connectivity index (χ0) is 11.6. The molecule has 0 saturated heterocycles. The van der Waals surface area contributed by atoms with E-state index in [-0.39, 0.29) is 0 Å². The predicted molar refractivity (Wildman–Crippen MR) is 67.3 cm³/mol. The third kappa shape index (κ3) is 4.96. The zero-order valence-electron chi connectivity index (χ0n) is 9.26. The highest BCUT2D eigenvalue weighted by Crippen LogP contribution is 2.01. The molecule has 0 radical (unpaired) electrons. The van der Waals surface area contributed by atoms with Crippen molar-refractivity contribution in [1.29, 1.82) is 0 Å². The second kappa shape index (κ2) is 7.23. The van der Waals surface area contributed by atoms with Crippen LogP contribution in [0, 0.1) is 6.92 Å². The number of benzene rings is 2. The minimum absolute atomic E-state index is 0.662. The molecule has 0 aromatic heterocycles. The van der Waals surface area contributed by atoms with E-state index in [1.165, 1.54) is 5.56 Å². The van der Waals surface area contributed by atoms with Crippen molar-refractivity contribution in [3.63, 3.8) is 0 Å². The highest BCUT2D eigenvalue weighted by molar-refractivity contribution is 5.70. The molecule has 82 valence electrons. The Hall–Kier alpha value is -2.09. The minimum Gasteiger partial charge on any atom is -0.329 e. The SMILES string of the molecule is Cc1ccccc1.O=CNc1ccccc1. The van der Waals surface area contributed by atoms with Crippen LogP contribution in [0.2, 0.25) is 0 Å². The Balaban J connectivity index is 0.000000165. The Bertz CT molecular complexity index is 398. The molecule has 0 bridgehead atoms.